The molecule has 30 heavy (non-hydrogen) atoms. The number of likely N-dealkylation sites (N-methyl/N-ethyl adjacent to an activating group) is 1. The maximum atomic E-state index is 6.51. The summed E-state index contributed by atoms with van der Waals surface area (Å²) >= 11 is 0. The fraction of sp³-hybridized carbons (Fsp3) is 1.00. The van der Waals surface area contributed by atoms with Gasteiger partial charge in [-0.25, -0.2) is 0 Å². The number of rotatable bonds is 6. The van der Waals surface area contributed by atoms with E-state index in [9.17, 15) is 0 Å². The van der Waals surface area contributed by atoms with Crippen LogP contribution in [-0.4, -0.2) is 71.5 Å². The van der Waals surface area contributed by atoms with Crippen molar-refractivity contribution in [3.8, 4) is 0 Å². The molecular weight excluding hydrogens is 372 g/mol. The monoisotopic (exact) mass is 422 g/mol. The molecule has 0 aromatic rings. The van der Waals surface area contributed by atoms with Crippen molar-refractivity contribution in [3.05, 3.63) is 0 Å². The highest BCUT2D eigenvalue weighted by atomic mass is 16.5. The van der Waals surface area contributed by atoms with E-state index < -0.39 is 0 Å². The molecule has 4 heteroatoms. The minimum absolute atomic E-state index is 0.110. The molecule has 3 fully saturated rings. The number of nitrogens with zero attached hydrogens (tertiary/aromatic N) is 2. The van der Waals surface area contributed by atoms with Crippen molar-refractivity contribution >= 4 is 0 Å². The second-order valence-electron chi connectivity index (χ2n) is 13.0. The molecule has 2 aliphatic heterocycles. The van der Waals surface area contributed by atoms with Crippen LogP contribution in [0.5, 0.6) is 0 Å². The molecule has 2 saturated heterocycles. The fourth-order valence-corrected chi connectivity index (χ4v) is 6.38. The van der Waals surface area contributed by atoms with Crippen LogP contribution < -0.4 is 0 Å². The standard InChI is InChI=1S/C26H50N2O2/c1-23(2)15-20(25(5,6)27(23)9)18-29-21-13-11-19(12-14-21)17-30-22-16-24(3,4)28(10)26(22,7)8/h19-22H,11-18H2,1-10H3. The molecule has 1 saturated carbocycles. The second kappa shape index (κ2) is 8.32. The molecule has 0 radical (unpaired) electrons. The summed E-state index contributed by atoms with van der Waals surface area (Å²) in [6, 6.07) is 0. The zero-order chi connectivity index (χ0) is 22.5. The summed E-state index contributed by atoms with van der Waals surface area (Å²) in [5.41, 5.74) is 0.807. The Bertz CT molecular complexity index is 538. The molecule has 0 N–H and O–H groups in total. The van der Waals surface area contributed by atoms with E-state index in [1.165, 1.54) is 32.1 Å². The first-order valence-electron chi connectivity index (χ1n) is 12.4. The van der Waals surface area contributed by atoms with Gasteiger partial charge in [0, 0.05) is 34.7 Å². The van der Waals surface area contributed by atoms with Crippen molar-refractivity contribution in [2.45, 2.75) is 128 Å². The van der Waals surface area contributed by atoms with E-state index in [0.29, 0.717) is 24.0 Å². The molecule has 0 bridgehead atoms. The smallest absolute Gasteiger partial charge is 0.0770 e. The van der Waals surface area contributed by atoms with Crippen LogP contribution in [0.3, 0.4) is 0 Å². The largest absolute Gasteiger partial charge is 0.378 e. The molecule has 176 valence electrons. The highest BCUT2D eigenvalue weighted by molar-refractivity contribution is 5.06. The van der Waals surface area contributed by atoms with E-state index in [4.69, 9.17) is 9.47 Å². The Morgan fingerprint density at radius 2 is 1.20 bits per heavy atom. The first-order chi connectivity index (χ1) is 13.7. The molecule has 2 unspecified atom stereocenters. The third-order valence-electron chi connectivity index (χ3n) is 9.62. The first-order valence-corrected chi connectivity index (χ1v) is 12.4. The van der Waals surface area contributed by atoms with Gasteiger partial charge in [-0.05, 0) is 114 Å². The lowest BCUT2D eigenvalue weighted by Crippen LogP contribution is -2.48. The van der Waals surface area contributed by atoms with Gasteiger partial charge in [-0.1, -0.05) is 0 Å². The molecule has 0 amide bonds. The summed E-state index contributed by atoms with van der Waals surface area (Å²) in [4.78, 5) is 5.05. The Hall–Kier alpha value is -0.160. The van der Waals surface area contributed by atoms with E-state index >= 15 is 0 Å². The van der Waals surface area contributed by atoms with Crippen LogP contribution in [0.1, 0.15) is 93.9 Å². The first kappa shape index (κ1) is 24.5. The second-order valence-corrected chi connectivity index (χ2v) is 13.0. The Kier molecular flexibility index (Phi) is 6.79. The summed E-state index contributed by atoms with van der Waals surface area (Å²) < 4.78 is 13.0. The predicted octanol–water partition coefficient (Wildman–Crippen LogP) is 5.35. The van der Waals surface area contributed by atoms with Crippen molar-refractivity contribution in [1.29, 1.82) is 0 Å². The molecule has 1 aliphatic carbocycles. The Balaban J connectivity index is 1.41. The van der Waals surface area contributed by atoms with Crippen molar-refractivity contribution in [2.24, 2.45) is 11.8 Å². The summed E-state index contributed by atoms with van der Waals surface area (Å²) in [5, 5.41) is 0. The van der Waals surface area contributed by atoms with Crippen LogP contribution >= 0.6 is 0 Å². The van der Waals surface area contributed by atoms with Gasteiger partial charge in [0.25, 0.3) is 0 Å². The van der Waals surface area contributed by atoms with Crippen molar-refractivity contribution in [3.63, 3.8) is 0 Å². The van der Waals surface area contributed by atoms with Crippen molar-refractivity contribution < 1.29 is 9.47 Å². The molecular formula is C26H50N2O2. The number of hydrogen-bond acceptors (Lipinski definition) is 4. The molecule has 2 atom stereocenters. The summed E-state index contributed by atoms with van der Waals surface area (Å²) in [5.74, 6) is 1.31. The number of hydrogen-bond donors (Lipinski definition) is 0. The third kappa shape index (κ3) is 4.63. The predicted molar refractivity (Wildman–Crippen MR) is 126 cm³/mol. The highest BCUT2D eigenvalue weighted by Crippen LogP contribution is 2.44. The van der Waals surface area contributed by atoms with E-state index in [1.54, 1.807) is 0 Å². The van der Waals surface area contributed by atoms with Crippen molar-refractivity contribution in [2.75, 3.05) is 27.3 Å². The Labute approximate surface area is 187 Å². The normalized spacial score (nSPS) is 38.2. The molecule has 2 heterocycles. The van der Waals surface area contributed by atoms with Gasteiger partial charge in [-0.3, -0.25) is 9.80 Å². The average Bonchev–Trinajstić information content (AvgIpc) is 2.92. The number of ether oxygens (including phenoxy) is 2. The van der Waals surface area contributed by atoms with Crippen LogP contribution in [-0.2, 0) is 9.47 Å². The van der Waals surface area contributed by atoms with E-state index in [2.05, 4.69) is 79.3 Å². The lowest BCUT2D eigenvalue weighted by atomic mass is 9.86. The Morgan fingerprint density at radius 1 is 0.667 bits per heavy atom. The van der Waals surface area contributed by atoms with Crippen LogP contribution in [0.25, 0.3) is 0 Å². The van der Waals surface area contributed by atoms with Crippen molar-refractivity contribution in [1.82, 2.24) is 9.80 Å². The van der Waals surface area contributed by atoms with Crippen LogP contribution in [0.15, 0.2) is 0 Å². The molecule has 4 nitrogen and oxygen atoms in total. The Morgan fingerprint density at radius 3 is 1.67 bits per heavy atom. The molecule has 0 aromatic carbocycles. The van der Waals surface area contributed by atoms with Crippen LogP contribution in [0, 0.1) is 11.8 Å². The quantitative estimate of drug-likeness (QED) is 0.576. The lowest BCUT2D eigenvalue weighted by molar-refractivity contribution is -0.0483. The highest BCUT2D eigenvalue weighted by Gasteiger charge is 2.51. The molecule has 3 rings (SSSR count). The van der Waals surface area contributed by atoms with Gasteiger partial charge >= 0.3 is 0 Å². The lowest BCUT2D eigenvalue weighted by Gasteiger charge is -2.39. The molecule has 0 spiro atoms. The summed E-state index contributed by atoms with van der Waals surface area (Å²) in [6.45, 7) is 20.7. The van der Waals surface area contributed by atoms with E-state index in [0.717, 1.165) is 19.6 Å². The minimum Gasteiger partial charge on any atom is -0.378 e. The zero-order valence-corrected chi connectivity index (χ0v) is 21.7. The van der Waals surface area contributed by atoms with Gasteiger partial charge in [-0.15, -0.1) is 0 Å². The summed E-state index contributed by atoms with van der Waals surface area (Å²) in [6.07, 6.45) is 8.00. The summed E-state index contributed by atoms with van der Waals surface area (Å²) in [7, 11) is 4.52. The average molecular weight is 423 g/mol. The van der Waals surface area contributed by atoms with Crippen LogP contribution in [0.4, 0.5) is 0 Å². The topological polar surface area (TPSA) is 24.9 Å². The van der Waals surface area contributed by atoms with E-state index in [-0.39, 0.29) is 22.2 Å². The molecule has 3 aliphatic rings. The maximum Gasteiger partial charge on any atom is 0.0770 e. The van der Waals surface area contributed by atoms with Crippen LogP contribution in [0.2, 0.25) is 0 Å². The molecule has 0 aromatic heterocycles. The van der Waals surface area contributed by atoms with Gasteiger partial charge in [0.2, 0.25) is 0 Å². The fourth-order valence-electron chi connectivity index (χ4n) is 6.38. The third-order valence-corrected chi connectivity index (χ3v) is 9.62. The van der Waals surface area contributed by atoms with E-state index in [1.807, 2.05) is 0 Å². The zero-order valence-electron chi connectivity index (χ0n) is 21.7. The minimum atomic E-state index is 0.110. The van der Waals surface area contributed by atoms with Gasteiger partial charge in [0.05, 0.1) is 18.8 Å². The van der Waals surface area contributed by atoms with Gasteiger partial charge < -0.3 is 9.47 Å². The van der Waals surface area contributed by atoms with Gasteiger partial charge in [-0.2, -0.15) is 0 Å². The number of likely N-dealkylation sites (tertiary alicyclic amines) is 2. The van der Waals surface area contributed by atoms with Gasteiger partial charge in [0.1, 0.15) is 0 Å². The van der Waals surface area contributed by atoms with Gasteiger partial charge in [0.15, 0.2) is 0 Å². The maximum absolute atomic E-state index is 6.51. The SMILES string of the molecule is CN1C(C)(C)CC(COC2CCC(COC3CC(C)(C)N(C)C3(C)C)CC2)C1(C)C.